The SMILES string of the molecule is [Pt+2].[c-]1c(Oc2[c-]c3c(cc2)c2cccnc2n2cc(-c4ccccc4)nc32)ccc2c1-n1c3ncccc3c3cccc(c31)C2(c1ccccc1)c1ccccc1. The van der Waals surface area contributed by atoms with Crippen LogP contribution in [0.2, 0.25) is 0 Å². The second-order valence-corrected chi connectivity index (χ2v) is 14.3. The van der Waals surface area contributed by atoms with Crippen LogP contribution in [0.15, 0.2) is 176 Å². The van der Waals surface area contributed by atoms with Gasteiger partial charge in [0, 0.05) is 51.8 Å². The summed E-state index contributed by atoms with van der Waals surface area (Å²) in [6.07, 6.45) is 5.74. The van der Waals surface area contributed by atoms with Crippen molar-refractivity contribution in [1.82, 2.24) is 23.9 Å². The summed E-state index contributed by atoms with van der Waals surface area (Å²) in [6, 6.07) is 62.4. The van der Waals surface area contributed by atoms with Crippen LogP contribution in [0.1, 0.15) is 22.3 Å². The Bertz CT molecular complexity index is 3300. The van der Waals surface area contributed by atoms with E-state index in [1.54, 1.807) is 0 Å². The first-order chi connectivity index (χ1) is 27.8. The molecule has 12 rings (SSSR count). The normalized spacial score (nSPS) is 12.9. The van der Waals surface area contributed by atoms with E-state index in [2.05, 4.69) is 143 Å². The molecular weight excluding hydrogens is 882 g/mol. The minimum Gasteiger partial charge on any atom is -0.503 e. The molecule has 57 heavy (non-hydrogen) atoms. The number of nitrogens with zero attached hydrogens (tertiary/aromatic N) is 5. The summed E-state index contributed by atoms with van der Waals surface area (Å²) in [5.74, 6) is 1.14. The van der Waals surface area contributed by atoms with Gasteiger partial charge in [0.05, 0.1) is 16.9 Å². The van der Waals surface area contributed by atoms with E-state index < -0.39 is 5.41 Å². The number of hydrogen-bond acceptors (Lipinski definition) is 4. The first-order valence-electron chi connectivity index (χ1n) is 18.7. The van der Waals surface area contributed by atoms with Crippen molar-refractivity contribution in [2.75, 3.05) is 0 Å². The smallest absolute Gasteiger partial charge is 0.503 e. The topological polar surface area (TPSA) is 57.2 Å². The second-order valence-electron chi connectivity index (χ2n) is 14.3. The molecule has 7 heteroatoms. The third-order valence-electron chi connectivity index (χ3n) is 11.3. The quantitative estimate of drug-likeness (QED) is 0.128. The van der Waals surface area contributed by atoms with Crippen LogP contribution in [-0.4, -0.2) is 23.9 Å². The molecule has 0 radical (unpaired) electrons. The number of para-hydroxylation sites is 1. The molecule has 0 N–H and O–H groups in total. The fourth-order valence-corrected chi connectivity index (χ4v) is 9.04. The molecule has 0 saturated heterocycles. The van der Waals surface area contributed by atoms with Crippen molar-refractivity contribution < 1.29 is 25.8 Å². The van der Waals surface area contributed by atoms with Crippen LogP contribution in [-0.2, 0) is 26.5 Å². The third kappa shape index (κ3) is 4.78. The molecule has 0 bridgehead atoms. The van der Waals surface area contributed by atoms with Crippen LogP contribution < -0.4 is 4.74 Å². The number of ether oxygens (including phenoxy) is 1. The van der Waals surface area contributed by atoms with Crippen LogP contribution in [0.5, 0.6) is 11.5 Å². The minimum atomic E-state index is -0.635. The van der Waals surface area contributed by atoms with Crippen LogP contribution in [0, 0.1) is 12.1 Å². The Kier molecular flexibility index (Phi) is 7.54. The van der Waals surface area contributed by atoms with Crippen molar-refractivity contribution in [2.45, 2.75) is 5.41 Å². The van der Waals surface area contributed by atoms with Gasteiger partial charge in [-0.15, -0.1) is 29.8 Å². The maximum atomic E-state index is 6.76. The fourth-order valence-electron chi connectivity index (χ4n) is 9.04. The number of pyridine rings is 3. The number of benzene rings is 6. The Balaban J connectivity index is 0.00000374. The molecule has 270 valence electrons. The average Bonchev–Trinajstić information content (AvgIpc) is 3.87. The molecule has 0 saturated carbocycles. The molecule has 1 aliphatic heterocycles. The summed E-state index contributed by atoms with van der Waals surface area (Å²) >= 11 is 0. The number of fused-ring (bicyclic) bond motifs is 11. The molecule has 1 aliphatic rings. The first kappa shape index (κ1) is 33.5. The molecule has 6 nitrogen and oxygen atoms in total. The summed E-state index contributed by atoms with van der Waals surface area (Å²) in [5, 5.41) is 5.12. The van der Waals surface area contributed by atoms with E-state index in [0.29, 0.717) is 11.5 Å². The average molecular weight is 911 g/mol. The fraction of sp³-hybridized carbons (Fsp3) is 0.0200. The van der Waals surface area contributed by atoms with E-state index in [9.17, 15) is 0 Å². The van der Waals surface area contributed by atoms with E-state index in [0.717, 1.165) is 71.9 Å². The molecular formula is C50H29N5OPt. The van der Waals surface area contributed by atoms with Crippen molar-refractivity contribution in [3.8, 4) is 28.4 Å². The number of aromatic nitrogens is 5. The summed E-state index contributed by atoms with van der Waals surface area (Å²) < 4.78 is 11.1. The predicted molar refractivity (Wildman–Crippen MR) is 222 cm³/mol. The monoisotopic (exact) mass is 910 g/mol. The molecule has 0 spiro atoms. The van der Waals surface area contributed by atoms with Gasteiger partial charge in [0.2, 0.25) is 0 Å². The summed E-state index contributed by atoms with van der Waals surface area (Å²) in [7, 11) is 0. The number of rotatable bonds is 5. The Labute approximate surface area is 342 Å². The van der Waals surface area contributed by atoms with E-state index in [1.807, 2.05) is 54.9 Å². The molecule has 0 aliphatic carbocycles. The Morgan fingerprint density at radius 3 is 1.88 bits per heavy atom. The van der Waals surface area contributed by atoms with Gasteiger partial charge in [0.25, 0.3) is 0 Å². The molecule has 0 atom stereocenters. The molecule has 0 fully saturated rings. The van der Waals surface area contributed by atoms with Gasteiger partial charge in [-0.1, -0.05) is 138 Å². The Morgan fingerprint density at radius 2 is 1.14 bits per heavy atom. The van der Waals surface area contributed by atoms with E-state index >= 15 is 0 Å². The van der Waals surface area contributed by atoms with Crippen molar-refractivity contribution in [1.29, 1.82) is 0 Å². The largest absolute Gasteiger partial charge is 2.00 e. The maximum Gasteiger partial charge on any atom is 2.00 e. The molecule has 6 aromatic carbocycles. The Hall–Kier alpha value is -6.88. The maximum absolute atomic E-state index is 6.76. The molecule has 5 aromatic heterocycles. The van der Waals surface area contributed by atoms with E-state index in [-0.39, 0.29) is 21.1 Å². The van der Waals surface area contributed by atoms with E-state index in [4.69, 9.17) is 19.7 Å². The molecule has 6 heterocycles. The number of imidazole rings is 1. The summed E-state index contributed by atoms with van der Waals surface area (Å²) in [5.41, 5.74) is 10.4. The molecule has 0 amide bonds. The van der Waals surface area contributed by atoms with Crippen molar-refractivity contribution >= 4 is 49.4 Å². The molecule has 11 aromatic rings. The van der Waals surface area contributed by atoms with Crippen LogP contribution in [0.3, 0.4) is 0 Å². The number of hydrogen-bond donors (Lipinski definition) is 0. The zero-order valence-corrected chi connectivity index (χ0v) is 32.5. The first-order valence-corrected chi connectivity index (χ1v) is 18.7. The van der Waals surface area contributed by atoms with Crippen LogP contribution >= 0.6 is 0 Å². The van der Waals surface area contributed by atoms with Crippen molar-refractivity contribution in [3.05, 3.63) is 211 Å². The standard InChI is InChI=1S/C50H29N5O.Pt/c1-4-13-32(14-5-1)44-31-54-47-39(20-11-27-51-47)37-25-23-35(29-41(37)49(54)53-44)56-36-24-26-42-45(30-36)55-46-38(40-21-12-28-52-48(40)55)19-10-22-43(46)50(42,33-15-6-2-7-16-33)34-17-8-3-9-18-34;/h1-28,31H;/q-2;+2. The van der Waals surface area contributed by atoms with Gasteiger partial charge in [-0.2, -0.15) is 6.07 Å². The second kappa shape index (κ2) is 12.8. The van der Waals surface area contributed by atoms with Gasteiger partial charge in [-0.05, 0) is 40.3 Å². The van der Waals surface area contributed by atoms with E-state index in [1.165, 1.54) is 16.7 Å². The van der Waals surface area contributed by atoms with Gasteiger partial charge in [0.1, 0.15) is 11.3 Å². The third-order valence-corrected chi connectivity index (χ3v) is 11.3. The van der Waals surface area contributed by atoms with Gasteiger partial charge < -0.3 is 13.7 Å². The van der Waals surface area contributed by atoms with Gasteiger partial charge in [-0.25, -0.2) is 9.97 Å². The van der Waals surface area contributed by atoms with Crippen LogP contribution in [0.4, 0.5) is 0 Å². The Morgan fingerprint density at radius 1 is 0.509 bits per heavy atom. The van der Waals surface area contributed by atoms with Crippen molar-refractivity contribution in [2.24, 2.45) is 0 Å². The predicted octanol–water partition coefficient (Wildman–Crippen LogP) is 11.3. The van der Waals surface area contributed by atoms with Gasteiger partial charge >= 0.3 is 21.1 Å². The van der Waals surface area contributed by atoms with Crippen molar-refractivity contribution in [3.63, 3.8) is 0 Å². The molecule has 0 unspecified atom stereocenters. The zero-order valence-electron chi connectivity index (χ0n) is 30.2. The summed E-state index contributed by atoms with van der Waals surface area (Å²) in [6.45, 7) is 0. The summed E-state index contributed by atoms with van der Waals surface area (Å²) in [4.78, 5) is 14.9. The minimum absolute atomic E-state index is 0. The van der Waals surface area contributed by atoms with Gasteiger partial charge in [-0.3, -0.25) is 4.98 Å². The van der Waals surface area contributed by atoms with Crippen LogP contribution in [0.25, 0.3) is 66.3 Å². The zero-order chi connectivity index (χ0) is 36.8. The van der Waals surface area contributed by atoms with Gasteiger partial charge in [0.15, 0.2) is 0 Å².